The number of ether oxygens (including phenoxy) is 1. The molecule has 0 aliphatic heterocycles. The van der Waals surface area contributed by atoms with Crippen LogP contribution in [0.5, 0.6) is 5.75 Å². The lowest BCUT2D eigenvalue weighted by molar-refractivity contribution is -0.122. The highest BCUT2D eigenvalue weighted by Crippen LogP contribution is 2.17. The zero-order chi connectivity index (χ0) is 15.4. The zero-order valence-corrected chi connectivity index (χ0v) is 12.4. The summed E-state index contributed by atoms with van der Waals surface area (Å²) in [6.45, 7) is 1.68. The third-order valence-electron chi connectivity index (χ3n) is 2.79. The van der Waals surface area contributed by atoms with Gasteiger partial charge in [-0.05, 0) is 41.6 Å². The van der Waals surface area contributed by atoms with Crippen LogP contribution in [0.3, 0.4) is 0 Å². The van der Waals surface area contributed by atoms with E-state index >= 15 is 0 Å². The molecular weight excluding hydrogens is 304 g/mol. The number of nitrogens with one attached hydrogen (secondary N) is 1. The van der Waals surface area contributed by atoms with Crippen LogP contribution in [0, 0.1) is 0 Å². The maximum atomic E-state index is 12.0. The predicted molar refractivity (Wildman–Crippen MR) is 80.0 cm³/mol. The van der Waals surface area contributed by atoms with Gasteiger partial charge in [-0.3, -0.25) is 10.1 Å². The molecular formula is C13H12N6O2S. The first kappa shape index (κ1) is 14.1. The van der Waals surface area contributed by atoms with E-state index in [0.29, 0.717) is 10.9 Å². The fourth-order valence-electron chi connectivity index (χ4n) is 1.71. The number of anilines is 1. The van der Waals surface area contributed by atoms with Crippen LogP contribution in [0.25, 0.3) is 5.69 Å². The summed E-state index contributed by atoms with van der Waals surface area (Å²) in [5, 5.41) is 16.0. The predicted octanol–water partition coefficient (Wildman–Crippen LogP) is 1.52. The second-order valence-corrected chi connectivity index (χ2v) is 5.23. The number of hydrogen-bond acceptors (Lipinski definition) is 7. The third kappa shape index (κ3) is 3.26. The number of aromatic nitrogens is 5. The molecule has 0 bridgehead atoms. The van der Waals surface area contributed by atoms with E-state index in [1.165, 1.54) is 22.3 Å². The SMILES string of the molecule is CC(Oc1ccc(-n2cnnn2)cc1)C(=O)Nc1nccs1. The van der Waals surface area contributed by atoms with Gasteiger partial charge in [0, 0.05) is 11.6 Å². The molecule has 0 radical (unpaired) electrons. The van der Waals surface area contributed by atoms with Crippen LogP contribution in [0.4, 0.5) is 5.13 Å². The van der Waals surface area contributed by atoms with Crippen molar-refractivity contribution in [3.63, 3.8) is 0 Å². The van der Waals surface area contributed by atoms with Crippen LogP contribution in [0.1, 0.15) is 6.92 Å². The Balaban J connectivity index is 1.61. The first-order valence-electron chi connectivity index (χ1n) is 6.43. The second kappa shape index (κ2) is 6.31. The Morgan fingerprint density at radius 2 is 2.18 bits per heavy atom. The standard InChI is InChI=1S/C13H12N6O2S/c1-9(12(20)16-13-14-6-7-22-13)21-11-4-2-10(3-5-11)19-8-15-17-18-19/h2-9H,1H3,(H,14,16,20). The van der Waals surface area contributed by atoms with Gasteiger partial charge in [0.15, 0.2) is 11.2 Å². The van der Waals surface area contributed by atoms with Crippen molar-refractivity contribution < 1.29 is 9.53 Å². The van der Waals surface area contributed by atoms with Crippen molar-refractivity contribution in [2.75, 3.05) is 5.32 Å². The maximum Gasteiger partial charge on any atom is 0.266 e. The zero-order valence-electron chi connectivity index (χ0n) is 11.6. The Morgan fingerprint density at radius 3 is 2.82 bits per heavy atom. The molecule has 1 atom stereocenters. The monoisotopic (exact) mass is 316 g/mol. The molecule has 8 nitrogen and oxygen atoms in total. The van der Waals surface area contributed by atoms with Gasteiger partial charge in [0.25, 0.3) is 5.91 Å². The van der Waals surface area contributed by atoms with Crippen molar-refractivity contribution in [2.24, 2.45) is 0 Å². The molecule has 3 aromatic rings. The van der Waals surface area contributed by atoms with Gasteiger partial charge in [0.2, 0.25) is 0 Å². The van der Waals surface area contributed by atoms with Gasteiger partial charge in [0.05, 0.1) is 5.69 Å². The molecule has 9 heteroatoms. The molecule has 22 heavy (non-hydrogen) atoms. The Kier molecular flexibility index (Phi) is 4.05. The summed E-state index contributed by atoms with van der Waals surface area (Å²) in [6, 6.07) is 7.11. The van der Waals surface area contributed by atoms with Crippen molar-refractivity contribution in [1.29, 1.82) is 0 Å². The number of thiazole rings is 1. The van der Waals surface area contributed by atoms with E-state index in [1.54, 1.807) is 42.8 Å². The number of hydrogen-bond donors (Lipinski definition) is 1. The van der Waals surface area contributed by atoms with E-state index in [4.69, 9.17) is 4.74 Å². The average Bonchev–Trinajstić information content (AvgIpc) is 3.21. The first-order valence-corrected chi connectivity index (χ1v) is 7.31. The second-order valence-electron chi connectivity index (χ2n) is 4.33. The van der Waals surface area contributed by atoms with Crippen LogP contribution in [-0.2, 0) is 4.79 Å². The first-order chi connectivity index (χ1) is 10.7. The highest BCUT2D eigenvalue weighted by Gasteiger charge is 2.15. The molecule has 2 heterocycles. The summed E-state index contributed by atoms with van der Waals surface area (Å²) in [4.78, 5) is 16.0. The average molecular weight is 316 g/mol. The van der Waals surface area contributed by atoms with E-state index in [9.17, 15) is 4.79 Å². The van der Waals surface area contributed by atoms with Gasteiger partial charge < -0.3 is 4.74 Å². The lowest BCUT2D eigenvalue weighted by Crippen LogP contribution is -2.30. The number of carbonyl (C=O) groups is 1. The van der Waals surface area contributed by atoms with Crippen LogP contribution in [-0.4, -0.2) is 37.2 Å². The summed E-state index contributed by atoms with van der Waals surface area (Å²) < 4.78 is 7.13. The minimum absolute atomic E-state index is 0.250. The molecule has 1 N–H and O–H groups in total. The Morgan fingerprint density at radius 1 is 1.36 bits per heavy atom. The molecule has 3 rings (SSSR count). The van der Waals surface area contributed by atoms with Gasteiger partial charge >= 0.3 is 0 Å². The van der Waals surface area contributed by atoms with Gasteiger partial charge in [-0.2, -0.15) is 0 Å². The highest BCUT2D eigenvalue weighted by atomic mass is 32.1. The lowest BCUT2D eigenvalue weighted by Gasteiger charge is -2.13. The Hall–Kier alpha value is -2.81. The van der Waals surface area contributed by atoms with Gasteiger partial charge in [-0.1, -0.05) is 0 Å². The van der Waals surface area contributed by atoms with Crippen LogP contribution in [0.2, 0.25) is 0 Å². The molecule has 0 aliphatic carbocycles. The number of benzene rings is 1. The fourth-order valence-corrected chi connectivity index (χ4v) is 2.24. The molecule has 0 saturated heterocycles. The summed E-state index contributed by atoms with van der Waals surface area (Å²) >= 11 is 1.36. The molecule has 112 valence electrons. The van der Waals surface area contributed by atoms with Gasteiger partial charge in [-0.25, -0.2) is 9.67 Å². The minimum Gasteiger partial charge on any atom is -0.481 e. The van der Waals surface area contributed by atoms with E-state index in [1.807, 2.05) is 0 Å². The normalized spacial score (nSPS) is 11.9. The third-order valence-corrected chi connectivity index (χ3v) is 3.48. The number of amides is 1. The highest BCUT2D eigenvalue weighted by molar-refractivity contribution is 7.13. The molecule has 1 aromatic carbocycles. The molecule has 1 amide bonds. The fraction of sp³-hybridized carbons (Fsp3) is 0.154. The molecule has 0 aliphatic rings. The summed E-state index contributed by atoms with van der Waals surface area (Å²) in [5.74, 6) is 0.332. The van der Waals surface area contributed by atoms with Crippen molar-refractivity contribution in [3.8, 4) is 11.4 Å². The summed E-state index contributed by atoms with van der Waals surface area (Å²) in [7, 11) is 0. The van der Waals surface area contributed by atoms with Crippen LogP contribution < -0.4 is 10.1 Å². The summed E-state index contributed by atoms with van der Waals surface area (Å²) in [6.07, 6.45) is 2.49. The number of carbonyl (C=O) groups excluding carboxylic acids is 1. The Bertz CT molecular complexity index is 727. The molecule has 2 aromatic heterocycles. The van der Waals surface area contributed by atoms with E-state index in [-0.39, 0.29) is 5.91 Å². The van der Waals surface area contributed by atoms with Crippen molar-refractivity contribution in [2.45, 2.75) is 13.0 Å². The van der Waals surface area contributed by atoms with Crippen molar-refractivity contribution >= 4 is 22.4 Å². The topological polar surface area (TPSA) is 94.8 Å². The minimum atomic E-state index is -0.636. The van der Waals surface area contributed by atoms with Gasteiger partial charge in [0.1, 0.15) is 12.1 Å². The Labute approximate surface area is 129 Å². The molecule has 1 unspecified atom stereocenters. The van der Waals surface area contributed by atoms with Gasteiger partial charge in [-0.15, -0.1) is 16.4 Å². The number of nitrogens with zero attached hydrogens (tertiary/aromatic N) is 5. The smallest absolute Gasteiger partial charge is 0.266 e. The van der Waals surface area contributed by atoms with E-state index in [0.717, 1.165) is 5.69 Å². The quantitative estimate of drug-likeness (QED) is 0.767. The summed E-state index contributed by atoms with van der Waals surface area (Å²) in [5.41, 5.74) is 0.803. The van der Waals surface area contributed by atoms with E-state index in [2.05, 4.69) is 25.8 Å². The largest absolute Gasteiger partial charge is 0.481 e. The lowest BCUT2D eigenvalue weighted by atomic mass is 10.3. The maximum absolute atomic E-state index is 12.0. The van der Waals surface area contributed by atoms with Crippen LogP contribution in [0.15, 0.2) is 42.2 Å². The van der Waals surface area contributed by atoms with Crippen molar-refractivity contribution in [1.82, 2.24) is 25.2 Å². The molecule has 0 fully saturated rings. The number of tetrazole rings is 1. The number of rotatable bonds is 5. The van der Waals surface area contributed by atoms with E-state index < -0.39 is 6.10 Å². The molecule has 0 saturated carbocycles. The van der Waals surface area contributed by atoms with Crippen LogP contribution >= 0.6 is 11.3 Å². The van der Waals surface area contributed by atoms with Crippen molar-refractivity contribution in [3.05, 3.63) is 42.2 Å². The molecule has 0 spiro atoms.